The molecule has 2 heterocycles. The van der Waals surface area contributed by atoms with Gasteiger partial charge in [0, 0.05) is 65.8 Å². The number of carbonyl (C=O) groups is 5. The Morgan fingerprint density at radius 3 is 1.36 bits per heavy atom. The van der Waals surface area contributed by atoms with Gasteiger partial charge in [0.15, 0.2) is 11.6 Å². The lowest BCUT2D eigenvalue weighted by molar-refractivity contribution is -0.137. The number of ether oxygens (including phenoxy) is 4. The van der Waals surface area contributed by atoms with Gasteiger partial charge in [0.1, 0.15) is 45.6 Å². The average Bonchev–Trinajstić information content (AvgIpc) is 3.32. The van der Waals surface area contributed by atoms with Crippen molar-refractivity contribution >= 4 is 63.9 Å². The molecule has 0 saturated carbocycles. The van der Waals surface area contributed by atoms with Crippen molar-refractivity contribution in [3.8, 4) is 23.0 Å². The molecule has 2 aromatic heterocycles. The molecule has 0 spiro atoms. The summed E-state index contributed by atoms with van der Waals surface area (Å²) in [5.41, 5.74) is 12.4. The van der Waals surface area contributed by atoms with Crippen LogP contribution in [0, 0.1) is 0 Å². The number of carbonyl (C=O) groups excluding carboxylic acids is 5. The zero-order chi connectivity index (χ0) is 56.8. The quantitative estimate of drug-likeness (QED) is 0.0460. The number of hydrogen-bond acceptors (Lipinski definition) is 14. The third-order valence-electron chi connectivity index (χ3n) is 9.48. The number of nitrogens with one attached hydrogen (secondary N) is 2. The number of pyridine rings is 2. The van der Waals surface area contributed by atoms with Crippen LogP contribution >= 0.6 is 0 Å². The van der Waals surface area contributed by atoms with Crippen molar-refractivity contribution in [1.29, 1.82) is 0 Å². The van der Waals surface area contributed by atoms with Crippen LogP contribution in [0.3, 0.4) is 0 Å². The fraction of sp³-hybridized carbons (Fsp3) is 0.278. The number of rotatable bonds is 11. The zero-order valence-corrected chi connectivity index (χ0v) is 42.5. The smallest absolute Gasteiger partial charge is 0.424 e. The molecule has 0 bridgehead atoms. The molecule has 8 N–H and O–H groups in total. The van der Waals surface area contributed by atoms with Gasteiger partial charge in [-0.3, -0.25) is 19.6 Å². The van der Waals surface area contributed by atoms with E-state index in [1.54, 1.807) is 86.8 Å². The number of benzene rings is 4. The Hall–Kier alpha value is -8.89. The average molecular weight is 1080 g/mol. The summed E-state index contributed by atoms with van der Waals surface area (Å²) in [6, 6.07) is 24.9. The molecule has 0 saturated heterocycles. The molecule has 77 heavy (non-hydrogen) atoms. The fourth-order valence-electron chi connectivity index (χ4n) is 6.07. The van der Waals surface area contributed by atoms with E-state index in [-0.39, 0.29) is 35.3 Å². The highest BCUT2D eigenvalue weighted by Crippen LogP contribution is 2.39. The minimum atomic E-state index is -4.85. The van der Waals surface area contributed by atoms with E-state index >= 15 is 0 Å². The van der Waals surface area contributed by atoms with Gasteiger partial charge in [-0.15, -0.1) is 0 Å². The van der Waals surface area contributed by atoms with Crippen LogP contribution in [0.15, 0.2) is 122 Å². The highest BCUT2D eigenvalue weighted by Gasteiger charge is 2.41. The van der Waals surface area contributed by atoms with Crippen LogP contribution in [0.2, 0.25) is 0 Å². The van der Waals surface area contributed by atoms with Gasteiger partial charge in [-0.05, 0) is 139 Å². The van der Waals surface area contributed by atoms with Crippen LogP contribution in [0.25, 0.3) is 0 Å². The van der Waals surface area contributed by atoms with E-state index in [2.05, 4.69) is 20.6 Å². The van der Waals surface area contributed by atoms with Crippen molar-refractivity contribution in [3.63, 3.8) is 0 Å². The standard InChI is InChI=1S/C22H19F3N4O3.C17H23F3N2O4.C14H14N2O2.CH4/c1-2-20(30)19-12-16(9-10-27-19)32-15-6-3-13(4-7-15)28-21(31)29-14-5-8-18(26)17(11-14)22(23,24)25;1-15(2,3)25-13(23)22(14(24)26-16(4,5)6)12-8-7-10(21)9-11(12)17(18,19)20;1-2-14(17)13-9-12(7-8-16-13)18-11-5-3-10(15)4-6-11;/h3-12H,2,26H2,1H3,(H2,28,29,31);7-9H,21H2,1-6H3;3-9H,2,15H2,1H3;1H4. The predicted molar refractivity (Wildman–Crippen MR) is 281 cm³/mol. The first-order valence-corrected chi connectivity index (χ1v) is 22.9. The van der Waals surface area contributed by atoms with Gasteiger partial charge in [0.05, 0.1) is 16.8 Å². The Labute approximate surface area is 441 Å². The summed E-state index contributed by atoms with van der Waals surface area (Å²) in [4.78, 5) is 68.6. The van der Waals surface area contributed by atoms with E-state index in [0.717, 1.165) is 24.3 Å². The first kappa shape index (κ1) is 62.4. The SMILES string of the molecule is C.CC(C)(C)OC(=O)N(C(=O)OC(C)(C)C)c1ccc(N)cc1C(F)(F)F.CCC(=O)c1cc(Oc2ccc(N)cc2)ccn1.CCC(=O)c1cc(Oc2ccc(NC(=O)Nc3ccc(N)c(C(F)(F)F)c3)cc2)ccn1. The number of urea groups is 1. The molecule has 23 heteroatoms. The maximum Gasteiger partial charge on any atom is 0.424 e. The van der Waals surface area contributed by atoms with Crippen LogP contribution in [-0.4, -0.2) is 51.0 Å². The number of halogens is 6. The normalized spacial score (nSPS) is 11.1. The van der Waals surface area contributed by atoms with E-state index in [1.165, 1.54) is 59.9 Å². The lowest BCUT2D eigenvalue weighted by atomic mass is 10.1. The van der Waals surface area contributed by atoms with Crippen molar-refractivity contribution < 1.29 is 69.3 Å². The summed E-state index contributed by atoms with van der Waals surface area (Å²) in [5, 5.41) is 4.84. The third-order valence-corrected chi connectivity index (χ3v) is 9.48. The van der Waals surface area contributed by atoms with Crippen molar-refractivity contribution in [2.45, 2.75) is 99.2 Å². The molecule has 0 fully saturated rings. The topological polar surface area (TPSA) is 253 Å². The summed E-state index contributed by atoms with van der Waals surface area (Å²) in [6.07, 6.45) is -8.27. The Balaban J connectivity index is 0.000000314. The van der Waals surface area contributed by atoms with Gasteiger partial charge in [-0.1, -0.05) is 21.3 Å². The molecular weight excluding hydrogens is 1020 g/mol. The van der Waals surface area contributed by atoms with Crippen molar-refractivity contribution in [1.82, 2.24) is 9.97 Å². The number of alkyl halides is 6. The molecule has 0 unspecified atom stereocenters. The molecule has 0 aliphatic rings. The summed E-state index contributed by atoms with van der Waals surface area (Å²) in [6.45, 7) is 12.7. The molecule has 6 rings (SSSR count). The third kappa shape index (κ3) is 20.1. The zero-order valence-electron chi connectivity index (χ0n) is 42.5. The van der Waals surface area contributed by atoms with Crippen molar-refractivity contribution in [3.05, 3.63) is 144 Å². The fourth-order valence-corrected chi connectivity index (χ4v) is 6.07. The van der Waals surface area contributed by atoms with Crippen molar-refractivity contribution in [2.24, 2.45) is 0 Å². The summed E-state index contributed by atoms with van der Waals surface area (Å²) >= 11 is 0. The Morgan fingerprint density at radius 2 is 0.935 bits per heavy atom. The molecule has 4 aromatic carbocycles. The minimum Gasteiger partial charge on any atom is -0.457 e. The molecule has 412 valence electrons. The van der Waals surface area contributed by atoms with Gasteiger partial charge in [-0.25, -0.2) is 14.4 Å². The van der Waals surface area contributed by atoms with E-state index in [1.807, 2.05) is 0 Å². The maximum atomic E-state index is 13.4. The molecule has 0 radical (unpaired) electrons. The first-order valence-electron chi connectivity index (χ1n) is 22.9. The molecule has 4 amide bonds. The van der Waals surface area contributed by atoms with Crippen LogP contribution < -0.4 is 42.2 Å². The number of nitrogen functional groups attached to an aromatic ring is 3. The number of anilines is 6. The molecule has 0 aliphatic heterocycles. The Bertz CT molecular complexity index is 2970. The van der Waals surface area contributed by atoms with E-state index in [9.17, 15) is 50.3 Å². The Kier molecular flexibility index (Phi) is 21.5. The summed E-state index contributed by atoms with van der Waals surface area (Å²) in [7, 11) is 0. The summed E-state index contributed by atoms with van der Waals surface area (Å²) in [5.74, 6) is 2.03. The van der Waals surface area contributed by atoms with Gasteiger partial charge < -0.3 is 46.8 Å². The number of amides is 4. The number of aromatic nitrogens is 2. The van der Waals surface area contributed by atoms with Gasteiger partial charge in [-0.2, -0.15) is 31.2 Å². The Morgan fingerprint density at radius 1 is 0.519 bits per heavy atom. The lowest BCUT2D eigenvalue weighted by Gasteiger charge is -2.30. The largest absolute Gasteiger partial charge is 0.457 e. The van der Waals surface area contributed by atoms with Crippen molar-refractivity contribution in [2.75, 3.05) is 32.7 Å². The van der Waals surface area contributed by atoms with Crippen LogP contribution in [-0.2, 0) is 21.8 Å². The van der Waals surface area contributed by atoms with Crippen LogP contribution in [0.5, 0.6) is 23.0 Å². The monoisotopic (exact) mass is 1080 g/mol. The number of imide groups is 1. The maximum absolute atomic E-state index is 13.4. The highest BCUT2D eigenvalue weighted by molar-refractivity contribution is 6.10. The molecule has 0 atom stereocenters. The second-order valence-electron chi connectivity index (χ2n) is 18.1. The highest BCUT2D eigenvalue weighted by atomic mass is 19.4. The molecular formula is C54H60F6N8O9. The molecule has 6 aromatic rings. The van der Waals surface area contributed by atoms with Gasteiger partial charge >= 0.3 is 30.6 Å². The number of ketones is 2. The van der Waals surface area contributed by atoms with E-state index < -0.39 is 64.3 Å². The van der Waals surface area contributed by atoms with Gasteiger partial charge in [0.2, 0.25) is 0 Å². The van der Waals surface area contributed by atoms with Crippen LogP contribution in [0.1, 0.15) is 108 Å². The second kappa shape index (κ2) is 26.5. The number of nitrogens with zero attached hydrogens (tertiary/aromatic N) is 3. The summed E-state index contributed by atoms with van der Waals surface area (Å²) < 4.78 is 101. The van der Waals surface area contributed by atoms with E-state index in [0.29, 0.717) is 64.7 Å². The molecule has 0 aliphatic carbocycles. The number of hydrogen-bond donors (Lipinski definition) is 5. The lowest BCUT2D eigenvalue weighted by Crippen LogP contribution is -2.44. The number of Topliss-reactive ketones (excluding diaryl/α,β-unsaturated/α-hetero) is 2. The minimum absolute atomic E-state index is 0. The first-order chi connectivity index (χ1) is 35.3. The number of nitrogens with two attached hydrogens (primary N) is 3. The second-order valence-corrected chi connectivity index (χ2v) is 18.1. The molecule has 17 nitrogen and oxygen atoms in total. The predicted octanol–water partition coefficient (Wildman–Crippen LogP) is 14.4. The van der Waals surface area contributed by atoms with E-state index in [4.69, 9.17) is 36.1 Å². The van der Waals surface area contributed by atoms with Gasteiger partial charge in [0.25, 0.3) is 0 Å². The van der Waals surface area contributed by atoms with Crippen LogP contribution in [0.4, 0.5) is 74.9 Å².